The summed E-state index contributed by atoms with van der Waals surface area (Å²) in [5, 5.41) is 3.50. The van der Waals surface area contributed by atoms with Gasteiger partial charge in [0, 0.05) is 11.3 Å². The molecule has 2 heteroatoms. The van der Waals surface area contributed by atoms with E-state index in [1.807, 2.05) is 0 Å². The second-order valence-electron chi connectivity index (χ2n) is 4.41. The fraction of sp³-hybridized carbons (Fsp3) is 0.455. The van der Waals surface area contributed by atoms with Crippen molar-refractivity contribution in [2.45, 2.75) is 31.6 Å². The summed E-state index contributed by atoms with van der Waals surface area (Å²) >= 11 is 0. The number of para-hydroxylation sites is 1. The lowest BCUT2D eigenvalue weighted by Gasteiger charge is -2.30. The molecule has 2 aliphatic heterocycles. The van der Waals surface area contributed by atoms with Crippen LogP contribution >= 0.6 is 0 Å². The third kappa shape index (κ3) is 0.923. The van der Waals surface area contributed by atoms with Crippen LogP contribution < -0.4 is 5.32 Å². The van der Waals surface area contributed by atoms with Crippen molar-refractivity contribution >= 4 is 5.69 Å². The van der Waals surface area contributed by atoms with Gasteiger partial charge in [-0.15, -0.1) is 0 Å². The fourth-order valence-electron chi connectivity index (χ4n) is 2.17. The monoisotopic (exact) mass is 175 g/mol. The molecule has 13 heavy (non-hydrogen) atoms. The topological polar surface area (TPSA) is 24.6 Å². The average molecular weight is 175 g/mol. The molecule has 0 radical (unpaired) electrons. The number of epoxide rings is 1. The molecular formula is C11H13NO. The van der Waals surface area contributed by atoms with Gasteiger partial charge in [0.2, 0.25) is 0 Å². The number of rotatable bonds is 0. The summed E-state index contributed by atoms with van der Waals surface area (Å²) < 4.78 is 5.66. The first-order chi connectivity index (χ1) is 6.18. The number of ether oxygens (including phenoxy) is 1. The second-order valence-corrected chi connectivity index (χ2v) is 4.41. The quantitative estimate of drug-likeness (QED) is 0.612. The first kappa shape index (κ1) is 7.39. The van der Waals surface area contributed by atoms with Crippen molar-refractivity contribution in [2.75, 3.05) is 5.32 Å². The number of hydrogen-bond donors (Lipinski definition) is 1. The molecule has 68 valence electrons. The van der Waals surface area contributed by atoms with Gasteiger partial charge < -0.3 is 10.1 Å². The summed E-state index contributed by atoms with van der Waals surface area (Å²) in [6, 6.07) is 8.39. The van der Waals surface area contributed by atoms with Gasteiger partial charge in [-0.3, -0.25) is 0 Å². The summed E-state index contributed by atoms with van der Waals surface area (Å²) in [5.41, 5.74) is 2.62. The van der Waals surface area contributed by atoms with E-state index in [4.69, 9.17) is 4.74 Å². The van der Waals surface area contributed by atoms with Gasteiger partial charge in [-0.1, -0.05) is 18.2 Å². The summed E-state index contributed by atoms with van der Waals surface area (Å²) in [6.07, 6.45) is 0.704. The highest BCUT2D eigenvalue weighted by Crippen LogP contribution is 2.52. The van der Waals surface area contributed by atoms with Crippen LogP contribution in [0, 0.1) is 0 Å². The second kappa shape index (κ2) is 2.07. The molecule has 0 bridgehead atoms. The summed E-state index contributed by atoms with van der Waals surface area (Å²) in [5.74, 6) is 0. The normalized spacial score (nSPS) is 32.8. The van der Waals surface area contributed by atoms with E-state index in [-0.39, 0.29) is 5.54 Å². The Hall–Kier alpha value is -1.02. The molecule has 1 saturated heterocycles. The zero-order chi connectivity index (χ0) is 9.05. The van der Waals surface area contributed by atoms with Gasteiger partial charge in [0.15, 0.2) is 0 Å². The molecule has 2 unspecified atom stereocenters. The first-order valence-corrected chi connectivity index (χ1v) is 4.71. The van der Waals surface area contributed by atoms with Crippen LogP contribution in [0.4, 0.5) is 5.69 Å². The van der Waals surface area contributed by atoms with Crippen molar-refractivity contribution in [2.24, 2.45) is 0 Å². The zero-order valence-corrected chi connectivity index (χ0v) is 7.87. The van der Waals surface area contributed by atoms with Crippen LogP contribution in [0.25, 0.3) is 0 Å². The van der Waals surface area contributed by atoms with Crippen molar-refractivity contribution in [1.82, 2.24) is 0 Å². The summed E-state index contributed by atoms with van der Waals surface area (Å²) in [6.45, 7) is 4.38. The predicted molar refractivity (Wildman–Crippen MR) is 51.8 cm³/mol. The van der Waals surface area contributed by atoms with E-state index >= 15 is 0 Å². The van der Waals surface area contributed by atoms with Crippen LogP contribution in [-0.4, -0.2) is 11.6 Å². The van der Waals surface area contributed by atoms with Gasteiger partial charge in [0.25, 0.3) is 0 Å². The lowest BCUT2D eigenvalue weighted by molar-refractivity contribution is 0.327. The number of anilines is 1. The molecule has 0 aliphatic carbocycles. The SMILES string of the molecule is CC1(C)Nc2ccccc2C2OC21. The van der Waals surface area contributed by atoms with E-state index in [0.29, 0.717) is 12.2 Å². The first-order valence-electron chi connectivity index (χ1n) is 4.71. The molecule has 1 N–H and O–H groups in total. The molecule has 0 spiro atoms. The number of fused-ring (bicyclic) bond motifs is 3. The zero-order valence-electron chi connectivity index (χ0n) is 7.87. The van der Waals surface area contributed by atoms with Crippen molar-refractivity contribution in [3.63, 3.8) is 0 Å². The Morgan fingerprint density at radius 3 is 2.92 bits per heavy atom. The number of benzene rings is 1. The Balaban J connectivity index is 2.11. The maximum atomic E-state index is 5.66. The van der Waals surface area contributed by atoms with E-state index in [0.717, 1.165) is 0 Å². The minimum atomic E-state index is 0.0824. The van der Waals surface area contributed by atoms with Crippen LogP contribution in [0.15, 0.2) is 24.3 Å². The van der Waals surface area contributed by atoms with Crippen molar-refractivity contribution in [1.29, 1.82) is 0 Å². The standard InChI is InChI=1S/C11H13NO/c1-11(2)10-9(13-10)7-5-3-4-6-8(7)12-11/h3-6,9-10,12H,1-2H3. The molecule has 2 aliphatic rings. The van der Waals surface area contributed by atoms with Gasteiger partial charge in [-0.25, -0.2) is 0 Å². The van der Waals surface area contributed by atoms with Crippen LogP contribution in [0.5, 0.6) is 0 Å². The Kier molecular flexibility index (Phi) is 1.18. The van der Waals surface area contributed by atoms with Gasteiger partial charge in [0.1, 0.15) is 12.2 Å². The molecule has 2 heterocycles. The number of nitrogens with one attached hydrogen (secondary N) is 1. The minimum absolute atomic E-state index is 0.0824. The van der Waals surface area contributed by atoms with Crippen LogP contribution in [-0.2, 0) is 4.74 Å². The van der Waals surface area contributed by atoms with Crippen molar-refractivity contribution < 1.29 is 4.74 Å². The van der Waals surface area contributed by atoms with E-state index in [1.165, 1.54) is 11.3 Å². The average Bonchev–Trinajstić information content (AvgIpc) is 2.83. The predicted octanol–water partition coefficient (Wildman–Crippen LogP) is 2.33. The van der Waals surface area contributed by atoms with Gasteiger partial charge in [0.05, 0.1) is 5.54 Å². The molecule has 2 nitrogen and oxygen atoms in total. The lowest BCUT2D eigenvalue weighted by Crippen LogP contribution is -2.40. The Morgan fingerprint density at radius 1 is 1.31 bits per heavy atom. The molecule has 0 aromatic heterocycles. The highest BCUT2D eigenvalue weighted by atomic mass is 16.6. The van der Waals surface area contributed by atoms with Gasteiger partial charge >= 0.3 is 0 Å². The summed E-state index contributed by atoms with van der Waals surface area (Å²) in [7, 11) is 0. The van der Waals surface area contributed by atoms with Crippen LogP contribution in [0.3, 0.4) is 0 Å². The molecular weight excluding hydrogens is 162 g/mol. The van der Waals surface area contributed by atoms with E-state index in [9.17, 15) is 0 Å². The molecule has 0 amide bonds. The van der Waals surface area contributed by atoms with E-state index in [1.54, 1.807) is 0 Å². The highest BCUT2D eigenvalue weighted by Gasteiger charge is 2.54. The molecule has 1 fully saturated rings. The highest BCUT2D eigenvalue weighted by molar-refractivity contribution is 5.59. The fourth-order valence-corrected chi connectivity index (χ4v) is 2.17. The molecule has 0 saturated carbocycles. The Labute approximate surface area is 77.9 Å². The van der Waals surface area contributed by atoms with E-state index < -0.39 is 0 Å². The minimum Gasteiger partial charge on any atom is -0.377 e. The van der Waals surface area contributed by atoms with Crippen LogP contribution in [0.2, 0.25) is 0 Å². The third-order valence-corrected chi connectivity index (χ3v) is 2.93. The van der Waals surface area contributed by atoms with E-state index in [2.05, 4.69) is 43.4 Å². The van der Waals surface area contributed by atoms with Gasteiger partial charge in [-0.2, -0.15) is 0 Å². The number of hydrogen-bond acceptors (Lipinski definition) is 2. The smallest absolute Gasteiger partial charge is 0.114 e. The molecule has 1 aromatic carbocycles. The maximum absolute atomic E-state index is 5.66. The summed E-state index contributed by atoms with van der Waals surface area (Å²) in [4.78, 5) is 0. The largest absolute Gasteiger partial charge is 0.377 e. The molecule has 3 rings (SSSR count). The lowest BCUT2D eigenvalue weighted by atomic mass is 9.89. The van der Waals surface area contributed by atoms with Gasteiger partial charge in [-0.05, 0) is 19.9 Å². The van der Waals surface area contributed by atoms with Crippen molar-refractivity contribution in [3.05, 3.63) is 29.8 Å². The third-order valence-electron chi connectivity index (χ3n) is 2.93. The molecule has 1 aromatic rings. The molecule has 2 atom stereocenters. The Morgan fingerprint density at radius 2 is 2.08 bits per heavy atom. The Bertz CT molecular complexity index is 359. The van der Waals surface area contributed by atoms with Crippen molar-refractivity contribution in [3.8, 4) is 0 Å². The maximum Gasteiger partial charge on any atom is 0.114 e. The van der Waals surface area contributed by atoms with Crippen LogP contribution in [0.1, 0.15) is 25.5 Å².